The predicted octanol–water partition coefficient (Wildman–Crippen LogP) is 6.77. The van der Waals surface area contributed by atoms with Gasteiger partial charge in [-0.2, -0.15) is 0 Å². The van der Waals surface area contributed by atoms with Gasteiger partial charge in [0.25, 0.3) is 0 Å². The second-order valence-electron chi connectivity index (χ2n) is 6.96. The highest BCUT2D eigenvalue weighted by Gasteiger charge is 2.20. The van der Waals surface area contributed by atoms with Gasteiger partial charge < -0.3 is 0 Å². The Labute approximate surface area is 159 Å². The molecule has 0 saturated carbocycles. The molecule has 0 aliphatic heterocycles. The Morgan fingerprint density at radius 2 is 1.77 bits per heavy atom. The van der Waals surface area contributed by atoms with Gasteiger partial charge in [-0.25, -0.2) is 0 Å². The third-order valence-electron chi connectivity index (χ3n) is 4.79. The zero-order valence-corrected chi connectivity index (χ0v) is 16.1. The van der Waals surface area contributed by atoms with Crippen molar-refractivity contribution in [3.63, 3.8) is 0 Å². The Bertz CT molecular complexity index is 646. The van der Waals surface area contributed by atoms with Crippen LogP contribution in [0.2, 0.25) is 0 Å². The molecular formula is C25H32O. The summed E-state index contributed by atoms with van der Waals surface area (Å²) in [5.74, 6) is 0.416. The number of carbonyl (C=O) groups is 1. The van der Waals surface area contributed by atoms with E-state index < -0.39 is 0 Å². The van der Waals surface area contributed by atoms with Crippen LogP contribution in [0.25, 0.3) is 0 Å². The van der Waals surface area contributed by atoms with Gasteiger partial charge in [0.15, 0.2) is 5.78 Å². The van der Waals surface area contributed by atoms with Crippen LogP contribution in [0.3, 0.4) is 0 Å². The lowest BCUT2D eigenvalue weighted by Gasteiger charge is -2.06. The molecule has 1 atom stereocenters. The van der Waals surface area contributed by atoms with Gasteiger partial charge in [0, 0.05) is 11.5 Å². The summed E-state index contributed by atoms with van der Waals surface area (Å²) < 4.78 is 0. The van der Waals surface area contributed by atoms with Crippen LogP contribution in [0, 0.1) is 5.92 Å². The SMILES string of the molecule is CCCCC/C=C/C=C1/C(=O)C=C[C@@H]1C/C=C\CCCc1ccccc1. The lowest BCUT2D eigenvalue weighted by molar-refractivity contribution is -0.111. The monoisotopic (exact) mass is 348 g/mol. The van der Waals surface area contributed by atoms with Crippen LogP contribution in [0.4, 0.5) is 0 Å². The third-order valence-corrected chi connectivity index (χ3v) is 4.79. The number of hydrogen-bond donors (Lipinski definition) is 0. The van der Waals surface area contributed by atoms with Crippen LogP contribution in [-0.4, -0.2) is 5.78 Å². The summed E-state index contributed by atoms with van der Waals surface area (Å²) in [5.41, 5.74) is 2.34. The molecule has 0 heterocycles. The Hall–Kier alpha value is -2.15. The van der Waals surface area contributed by atoms with Crippen molar-refractivity contribution in [1.82, 2.24) is 0 Å². The Balaban J connectivity index is 1.71. The topological polar surface area (TPSA) is 17.1 Å². The number of allylic oxidation sites excluding steroid dienone is 8. The second kappa shape index (κ2) is 12.2. The molecule has 0 fully saturated rings. The van der Waals surface area contributed by atoms with Crippen LogP contribution in [0.5, 0.6) is 0 Å². The molecule has 1 nitrogen and oxygen atoms in total. The number of aryl methyl sites for hydroxylation is 1. The third kappa shape index (κ3) is 7.39. The molecule has 138 valence electrons. The van der Waals surface area contributed by atoms with E-state index in [4.69, 9.17) is 0 Å². The van der Waals surface area contributed by atoms with Crippen LogP contribution >= 0.6 is 0 Å². The first-order valence-corrected chi connectivity index (χ1v) is 10.1. The van der Waals surface area contributed by atoms with E-state index in [9.17, 15) is 4.79 Å². The molecule has 1 aromatic rings. The first kappa shape index (κ1) is 20.2. The molecule has 1 aromatic carbocycles. The molecule has 1 aliphatic carbocycles. The number of unbranched alkanes of at least 4 members (excludes halogenated alkanes) is 4. The Morgan fingerprint density at radius 3 is 2.58 bits per heavy atom. The smallest absolute Gasteiger partial charge is 0.182 e. The van der Waals surface area contributed by atoms with Crippen molar-refractivity contribution in [2.45, 2.75) is 58.3 Å². The molecule has 0 spiro atoms. The molecule has 0 aromatic heterocycles. The van der Waals surface area contributed by atoms with E-state index in [0.29, 0.717) is 0 Å². The van der Waals surface area contributed by atoms with Gasteiger partial charge in [-0.15, -0.1) is 0 Å². The van der Waals surface area contributed by atoms with E-state index in [2.05, 4.69) is 61.6 Å². The zero-order valence-electron chi connectivity index (χ0n) is 16.1. The number of rotatable bonds is 11. The van der Waals surface area contributed by atoms with Crippen molar-refractivity contribution < 1.29 is 4.79 Å². The Kier molecular flexibility index (Phi) is 9.50. The highest BCUT2D eigenvalue weighted by atomic mass is 16.1. The summed E-state index contributed by atoms with van der Waals surface area (Å²) in [7, 11) is 0. The van der Waals surface area contributed by atoms with Gasteiger partial charge in [-0.1, -0.05) is 86.6 Å². The summed E-state index contributed by atoms with van der Waals surface area (Å²) >= 11 is 0. The van der Waals surface area contributed by atoms with Crippen molar-refractivity contribution in [1.29, 1.82) is 0 Å². The minimum Gasteiger partial charge on any atom is -0.290 e. The number of hydrogen-bond acceptors (Lipinski definition) is 1. The average molecular weight is 349 g/mol. The van der Waals surface area contributed by atoms with Crippen LogP contribution in [0.1, 0.15) is 57.4 Å². The number of carbonyl (C=O) groups excluding carboxylic acids is 1. The second-order valence-corrected chi connectivity index (χ2v) is 6.96. The van der Waals surface area contributed by atoms with Crippen molar-refractivity contribution in [2.24, 2.45) is 5.92 Å². The minimum absolute atomic E-state index is 0.172. The van der Waals surface area contributed by atoms with Crippen LogP contribution in [-0.2, 0) is 11.2 Å². The maximum Gasteiger partial charge on any atom is 0.182 e. The van der Waals surface area contributed by atoms with E-state index >= 15 is 0 Å². The minimum atomic E-state index is 0.172. The fraction of sp³-hybridized carbons (Fsp3) is 0.400. The van der Waals surface area contributed by atoms with Crippen molar-refractivity contribution in [3.8, 4) is 0 Å². The fourth-order valence-electron chi connectivity index (χ4n) is 3.21. The summed E-state index contributed by atoms with van der Waals surface area (Å²) in [6.45, 7) is 2.22. The van der Waals surface area contributed by atoms with E-state index in [0.717, 1.165) is 31.3 Å². The summed E-state index contributed by atoms with van der Waals surface area (Å²) in [5, 5.41) is 0. The molecule has 0 amide bonds. The molecule has 1 aliphatic rings. The normalized spacial score (nSPS) is 18.7. The quantitative estimate of drug-likeness (QED) is 0.245. The molecular weight excluding hydrogens is 316 g/mol. The summed E-state index contributed by atoms with van der Waals surface area (Å²) in [6, 6.07) is 10.6. The molecule has 0 saturated heterocycles. The van der Waals surface area contributed by atoms with Crippen LogP contribution < -0.4 is 0 Å². The molecule has 26 heavy (non-hydrogen) atoms. The van der Waals surface area contributed by atoms with Gasteiger partial charge >= 0.3 is 0 Å². The molecule has 0 radical (unpaired) electrons. The van der Waals surface area contributed by atoms with Crippen molar-refractivity contribution in [2.75, 3.05) is 0 Å². The predicted molar refractivity (Wildman–Crippen MR) is 112 cm³/mol. The molecule has 0 unspecified atom stereocenters. The molecule has 0 N–H and O–H groups in total. The lowest BCUT2D eigenvalue weighted by Crippen LogP contribution is -2.01. The van der Waals surface area contributed by atoms with Crippen molar-refractivity contribution in [3.05, 3.63) is 84.0 Å². The molecule has 2 rings (SSSR count). The van der Waals surface area contributed by atoms with Gasteiger partial charge in [-0.05, 0) is 50.2 Å². The summed E-state index contributed by atoms with van der Waals surface area (Å²) in [6.07, 6.45) is 23.7. The van der Waals surface area contributed by atoms with E-state index in [1.807, 2.05) is 12.2 Å². The van der Waals surface area contributed by atoms with Crippen molar-refractivity contribution >= 4 is 5.78 Å². The standard InChI is InChI=1S/C25H32O/c1-2-3-4-5-6-14-19-24-23(20-21-25(24)26)18-13-8-7-10-15-22-16-11-9-12-17-22/h6,8-9,11-14,16-17,19-21,23H,2-5,7,10,15,18H2,1H3/b13-8-,14-6+,24-19+/t23-/m0/s1. The van der Waals surface area contributed by atoms with E-state index in [1.54, 1.807) is 6.08 Å². The van der Waals surface area contributed by atoms with Gasteiger partial charge in [0.05, 0.1) is 0 Å². The fourth-order valence-corrected chi connectivity index (χ4v) is 3.21. The lowest BCUT2D eigenvalue weighted by atomic mass is 9.97. The average Bonchev–Trinajstić information content (AvgIpc) is 3.01. The highest BCUT2D eigenvalue weighted by molar-refractivity contribution is 6.07. The van der Waals surface area contributed by atoms with E-state index in [-0.39, 0.29) is 11.7 Å². The zero-order chi connectivity index (χ0) is 18.5. The van der Waals surface area contributed by atoms with Gasteiger partial charge in [-0.3, -0.25) is 4.79 Å². The molecule has 1 heteroatoms. The highest BCUT2D eigenvalue weighted by Crippen LogP contribution is 2.25. The molecule has 0 bridgehead atoms. The van der Waals surface area contributed by atoms with Gasteiger partial charge in [0.2, 0.25) is 0 Å². The first-order valence-electron chi connectivity index (χ1n) is 10.1. The summed E-state index contributed by atoms with van der Waals surface area (Å²) in [4.78, 5) is 12.0. The maximum atomic E-state index is 12.0. The van der Waals surface area contributed by atoms with Crippen LogP contribution in [0.15, 0.2) is 78.4 Å². The Morgan fingerprint density at radius 1 is 0.962 bits per heavy atom. The maximum absolute atomic E-state index is 12.0. The first-order chi connectivity index (χ1) is 12.8. The number of ketones is 1. The van der Waals surface area contributed by atoms with Gasteiger partial charge in [0.1, 0.15) is 0 Å². The van der Waals surface area contributed by atoms with E-state index in [1.165, 1.54) is 31.2 Å². The largest absolute Gasteiger partial charge is 0.290 e. The number of benzene rings is 1.